The van der Waals surface area contributed by atoms with E-state index in [1.807, 2.05) is 13.0 Å². The molecule has 1 aliphatic carbocycles. The van der Waals surface area contributed by atoms with Gasteiger partial charge in [-0.15, -0.1) is 0 Å². The molecule has 2 aromatic carbocycles. The number of benzene rings is 2. The molecule has 2 aromatic rings. The van der Waals surface area contributed by atoms with Crippen molar-refractivity contribution in [3.63, 3.8) is 0 Å². The van der Waals surface area contributed by atoms with Gasteiger partial charge in [0.05, 0.1) is 12.0 Å². The van der Waals surface area contributed by atoms with Gasteiger partial charge in [0, 0.05) is 18.1 Å². The summed E-state index contributed by atoms with van der Waals surface area (Å²) in [5, 5.41) is 10.2. The topological polar surface area (TPSA) is 49.8 Å². The largest absolute Gasteiger partial charge is 0.490 e. The average Bonchev–Trinajstić information content (AvgIpc) is 3.07. The van der Waals surface area contributed by atoms with Crippen molar-refractivity contribution >= 4 is 16.7 Å². The van der Waals surface area contributed by atoms with Crippen LogP contribution in [0.5, 0.6) is 5.75 Å². The Morgan fingerprint density at radius 3 is 2.26 bits per heavy atom. The Kier molecular flexibility index (Phi) is 6.49. The predicted molar refractivity (Wildman–Crippen MR) is 128 cm³/mol. The highest BCUT2D eigenvalue weighted by atomic mass is 19.4. The summed E-state index contributed by atoms with van der Waals surface area (Å²) >= 11 is 0. The maximum Gasteiger partial charge on any atom is 0.420 e. The molecule has 1 saturated carbocycles. The molecule has 2 saturated heterocycles. The van der Waals surface area contributed by atoms with E-state index in [4.69, 9.17) is 4.74 Å². The van der Waals surface area contributed by atoms with Crippen LogP contribution in [0, 0.1) is 11.8 Å². The van der Waals surface area contributed by atoms with Crippen LogP contribution in [0.1, 0.15) is 82.4 Å². The molecule has 1 N–H and O–H groups in total. The van der Waals surface area contributed by atoms with E-state index < -0.39 is 17.7 Å². The summed E-state index contributed by atoms with van der Waals surface area (Å²) in [6.45, 7) is 4.21. The molecule has 2 heterocycles. The van der Waals surface area contributed by atoms with Gasteiger partial charge in [-0.25, -0.2) is 0 Å². The van der Waals surface area contributed by atoms with Crippen molar-refractivity contribution in [1.82, 2.24) is 4.90 Å². The number of halogens is 3. The fraction of sp³-hybridized carbons (Fsp3) is 0.607. The highest BCUT2D eigenvalue weighted by molar-refractivity contribution is 5.89. The lowest BCUT2D eigenvalue weighted by molar-refractivity contribution is -0.144. The summed E-state index contributed by atoms with van der Waals surface area (Å²) in [7, 11) is 0. The third-order valence-corrected chi connectivity index (χ3v) is 8.62. The van der Waals surface area contributed by atoms with E-state index >= 15 is 0 Å². The maximum atomic E-state index is 14.4. The van der Waals surface area contributed by atoms with Crippen LogP contribution in [-0.2, 0) is 11.0 Å². The Balaban J connectivity index is 1.47. The molecule has 3 unspecified atom stereocenters. The van der Waals surface area contributed by atoms with Crippen molar-refractivity contribution in [1.29, 1.82) is 0 Å². The first-order valence-electron chi connectivity index (χ1n) is 12.9. The molecule has 2 bridgehead atoms. The molecule has 2 aliphatic heterocycles. The SMILES string of the molecule is CC1CCC(Oc2ccc3ccc(C(C)N4C5CCC4CC(C(=O)O)C5)cc3c2C(F)(F)F)CC1. The fourth-order valence-corrected chi connectivity index (χ4v) is 6.71. The summed E-state index contributed by atoms with van der Waals surface area (Å²) in [5.74, 6) is -0.549. The third kappa shape index (κ3) is 4.76. The van der Waals surface area contributed by atoms with Gasteiger partial charge in [0.1, 0.15) is 11.3 Å². The number of carboxylic acid groups (broad SMARTS) is 1. The zero-order valence-electron chi connectivity index (χ0n) is 20.4. The van der Waals surface area contributed by atoms with Crippen molar-refractivity contribution < 1.29 is 27.8 Å². The molecule has 190 valence electrons. The van der Waals surface area contributed by atoms with Gasteiger partial charge in [-0.2, -0.15) is 13.2 Å². The van der Waals surface area contributed by atoms with Crippen LogP contribution in [0.4, 0.5) is 13.2 Å². The number of carbonyl (C=O) groups is 1. The Morgan fingerprint density at radius 2 is 1.66 bits per heavy atom. The zero-order valence-corrected chi connectivity index (χ0v) is 20.4. The standard InChI is InChI=1S/C28H34F3NO3/c1-16-3-10-23(11-4-16)35-25-12-7-18-5-6-19(15-24(18)26(25)28(29,30)31)17(2)32-21-8-9-22(32)14-20(13-21)27(33)34/h5-7,12,15-17,20-23H,3-4,8-11,13-14H2,1-2H3,(H,33,34). The minimum Gasteiger partial charge on any atom is -0.490 e. The molecule has 7 heteroatoms. The lowest BCUT2D eigenvalue weighted by atomic mass is 9.88. The van der Waals surface area contributed by atoms with Gasteiger partial charge in [-0.05, 0) is 92.7 Å². The average molecular weight is 490 g/mol. The van der Waals surface area contributed by atoms with Crippen LogP contribution in [0.3, 0.4) is 0 Å². The molecule has 3 aliphatic rings. The quantitative estimate of drug-likeness (QED) is 0.482. The fourth-order valence-electron chi connectivity index (χ4n) is 6.71. The Bertz CT molecular complexity index is 1080. The first-order chi connectivity index (χ1) is 16.6. The van der Waals surface area contributed by atoms with Gasteiger partial charge in [0.15, 0.2) is 0 Å². The van der Waals surface area contributed by atoms with E-state index in [1.165, 1.54) is 6.07 Å². The summed E-state index contributed by atoms with van der Waals surface area (Å²) < 4.78 is 49.1. The normalized spacial score (nSPS) is 30.4. The van der Waals surface area contributed by atoms with Crippen molar-refractivity contribution in [3.8, 4) is 5.75 Å². The van der Waals surface area contributed by atoms with Crippen LogP contribution in [0.15, 0.2) is 30.3 Å². The summed E-state index contributed by atoms with van der Waals surface area (Å²) in [6.07, 6.45) is 1.90. The van der Waals surface area contributed by atoms with Crippen molar-refractivity contribution in [2.75, 3.05) is 0 Å². The molecule has 0 aromatic heterocycles. The number of rotatable bonds is 5. The molecule has 0 amide bonds. The van der Waals surface area contributed by atoms with Crippen molar-refractivity contribution in [3.05, 3.63) is 41.5 Å². The number of alkyl halides is 3. The second-order valence-electron chi connectivity index (χ2n) is 10.9. The monoisotopic (exact) mass is 489 g/mol. The molecule has 35 heavy (non-hydrogen) atoms. The molecule has 0 spiro atoms. The maximum absolute atomic E-state index is 14.4. The number of ether oxygens (including phenoxy) is 1. The number of piperidine rings is 1. The van der Waals surface area contributed by atoms with Gasteiger partial charge in [-0.1, -0.05) is 25.1 Å². The van der Waals surface area contributed by atoms with Gasteiger partial charge in [0.2, 0.25) is 0 Å². The van der Waals surface area contributed by atoms with Crippen LogP contribution >= 0.6 is 0 Å². The van der Waals surface area contributed by atoms with E-state index in [-0.39, 0.29) is 41.3 Å². The van der Waals surface area contributed by atoms with Crippen LogP contribution in [0.2, 0.25) is 0 Å². The smallest absolute Gasteiger partial charge is 0.420 e. The minimum absolute atomic E-state index is 0.0725. The van der Waals surface area contributed by atoms with E-state index in [1.54, 1.807) is 18.2 Å². The summed E-state index contributed by atoms with van der Waals surface area (Å²) in [4.78, 5) is 13.9. The van der Waals surface area contributed by atoms with E-state index in [0.29, 0.717) is 24.1 Å². The number of carboxylic acids is 1. The number of nitrogens with zero attached hydrogens (tertiary/aromatic N) is 1. The highest BCUT2D eigenvalue weighted by Crippen LogP contribution is 2.46. The molecule has 4 nitrogen and oxygen atoms in total. The summed E-state index contributed by atoms with van der Waals surface area (Å²) in [6, 6.07) is 8.80. The van der Waals surface area contributed by atoms with E-state index in [9.17, 15) is 23.1 Å². The Hall–Kier alpha value is -2.28. The number of fused-ring (bicyclic) bond motifs is 3. The van der Waals surface area contributed by atoms with Crippen molar-refractivity contribution in [2.24, 2.45) is 11.8 Å². The molecule has 0 radical (unpaired) electrons. The van der Waals surface area contributed by atoms with E-state index in [0.717, 1.165) is 44.1 Å². The number of hydrogen-bond donors (Lipinski definition) is 1. The highest BCUT2D eigenvalue weighted by Gasteiger charge is 2.45. The lowest BCUT2D eigenvalue weighted by Gasteiger charge is -2.41. The van der Waals surface area contributed by atoms with E-state index in [2.05, 4.69) is 11.8 Å². The molecule has 3 atom stereocenters. The first kappa shape index (κ1) is 24.4. The minimum atomic E-state index is -4.53. The van der Waals surface area contributed by atoms with Gasteiger partial charge >= 0.3 is 12.1 Å². The third-order valence-electron chi connectivity index (χ3n) is 8.62. The molecule has 3 fully saturated rings. The van der Waals surface area contributed by atoms with Crippen LogP contribution in [0.25, 0.3) is 10.8 Å². The van der Waals surface area contributed by atoms with Gasteiger partial charge in [0.25, 0.3) is 0 Å². The number of aliphatic carboxylic acids is 1. The molecule has 5 rings (SSSR count). The lowest BCUT2D eigenvalue weighted by Crippen LogP contribution is -2.45. The predicted octanol–water partition coefficient (Wildman–Crippen LogP) is 7.20. The first-order valence-corrected chi connectivity index (χ1v) is 12.9. The zero-order chi connectivity index (χ0) is 24.9. The van der Waals surface area contributed by atoms with Crippen LogP contribution < -0.4 is 4.74 Å². The second kappa shape index (κ2) is 9.30. The molecular formula is C28H34F3NO3. The molecular weight excluding hydrogens is 455 g/mol. The Labute approximate surface area is 204 Å². The van der Waals surface area contributed by atoms with Gasteiger partial charge in [-0.3, -0.25) is 9.69 Å². The second-order valence-corrected chi connectivity index (χ2v) is 10.9. The number of hydrogen-bond acceptors (Lipinski definition) is 3. The summed E-state index contributed by atoms with van der Waals surface area (Å²) in [5.41, 5.74) is 0.146. The van der Waals surface area contributed by atoms with Crippen molar-refractivity contribution in [2.45, 2.75) is 95.6 Å². The van der Waals surface area contributed by atoms with Crippen LogP contribution in [-0.4, -0.2) is 34.2 Å². The Morgan fingerprint density at radius 1 is 1.03 bits per heavy atom. The van der Waals surface area contributed by atoms with Gasteiger partial charge < -0.3 is 9.84 Å².